The molecule has 1 aromatic carbocycles. The van der Waals surface area contributed by atoms with E-state index in [2.05, 4.69) is 23.1 Å². The van der Waals surface area contributed by atoms with E-state index in [0.717, 1.165) is 31.0 Å². The van der Waals surface area contributed by atoms with Gasteiger partial charge < -0.3 is 10.5 Å². The Morgan fingerprint density at radius 3 is 3.00 bits per heavy atom. The highest BCUT2D eigenvalue weighted by Crippen LogP contribution is 2.15. The average molecular weight is 274 g/mol. The summed E-state index contributed by atoms with van der Waals surface area (Å²) in [5.74, 6) is 1.69. The number of nitrogens with two attached hydrogens (primary N) is 1. The fourth-order valence-corrected chi connectivity index (χ4v) is 2.08. The third-order valence-corrected chi connectivity index (χ3v) is 2.96. The van der Waals surface area contributed by atoms with Crippen LogP contribution in [0.4, 0.5) is 0 Å². The first-order chi connectivity index (χ1) is 9.69. The Morgan fingerprint density at radius 1 is 1.40 bits per heavy atom. The summed E-state index contributed by atoms with van der Waals surface area (Å²) in [6, 6.07) is 8.19. The Balaban J connectivity index is 1.98. The van der Waals surface area contributed by atoms with Crippen LogP contribution in [0.1, 0.15) is 31.7 Å². The second-order valence-electron chi connectivity index (χ2n) is 5.02. The molecule has 0 spiro atoms. The highest BCUT2D eigenvalue weighted by molar-refractivity contribution is 5.29. The van der Waals surface area contributed by atoms with Crippen LogP contribution in [0.2, 0.25) is 0 Å². The molecule has 5 heteroatoms. The van der Waals surface area contributed by atoms with Gasteiger partial charge in [0.1, 0.15) is 18.7 Å². The third kappa shape index (κ3) is 4.06. The molecule has 1 atom stereocenters. The first-order valence-corrected chi connectivity index (χ1v) is 7.03. The van der Waals surface area contributed by atoms with Gasteiger partial charge in [0.05, 0.1) is 0 Å². The minimum atomic E-state index is 0.151. The van der Waals surface area contributed by atoms with Gasteiger partial charge in [-0.1, -0.05) is 19.1 Å². The van der Waals surface area contributed by atoms with Crippen LogP contribution in [0.25, 0.3) is 0 Å². The number of rotatable bonds is 7. The number of hydrogen-bond donors (Lipinski definition) is 1. The topological polar surface area (TPSA) is 66.0 Å². The van der Waals surface area contributed by atoms with Gasteiger partial charge in [-0.3, -0.25) is 0 Å². The molecule has 5 nitrogen and oxygen atoms in total. The van der Waals surface area contributed by atoms with E-state index < -0.39 is 0 Å². The molecule has 0 saturated heterocycles. The van der Waals surface area contributed by atoms with Gasteiger partial charge in [0.2, 0.25) is 0 Å². The van der Waals surface area contributed by atoms with Gasteiger partial charge in [-0.25, -0.2) is 9.67 Å². The zero-order valence-electron chi connectivity index (χ0n) is 12.1. The maximum atomic E-state index is 5.82. The molecule has 0 amide bonds. The molecular weight excluding hydrogens is 252 g/mol. The normalized spacial score (nSPS) is 12.3. The maximum absolute atomic E-state index is 5.82. The minimum Gasteiger partial charge on any atom is -0.486 e. The van der Waals surface area contributed by atoms with E-state index >= 15 is 0 Å². The number of aryl methyl sites for hydroxylation is 1. The van der Waals surface area contributed by atoms with Gasteiger partial charge in [0, 0.05) is 12.6 Å². The van der Waals surface area contributed by atoms with Crippen LogP contribution in [-0.4, -0.2) is 20.8 Å². The van der Waals surface area contributed by atoms with Gasteiger partial charge in [0.15, 0.2) is 5.82 Å². The van der Waals surface area contributed by atoms with Gasteiger partial charge >= 0.3 is 0 Å². The fourth-order valence-electron chi connectivity index (χ4n) is 2.08. The molecule has 0 saturated carbocycles. The van der Waals surface area contributed by atoms with Crippen LogP contribution < -0.4 is 10.5 Å². The monoisotopic (exact) mass is 274 g/mol. The second-order valence-corrected chi connectivity index (χ2v) is 5.02. The predicted octanol–water partition coefficient (Wildman–Crippen LogP) is 2.16. The molecule has 2 rings (SSSR count). The molecule has 1 aromatic heterocycles. The molecule has 108 valence electrons. The zero-order chi connectivity index (χ0) is 14.4. The van der Waals surface area contributed by atoms with Crippen LogP contribution in [0.3, 0.4) is 0 Å². The van der Waals surface area contributed by atoms with Crippen molar-refractivity contribution >= 4 is 0 Å². The van der Waals surface area contributed by atoms with Crippen molar-refractivity contribution < 1.29 is 4.74 Å². The summed E-state index contributed by atoms with van der Waals surface area (Å²) in [4.78, 5) is 4.23. The Labute approximate surface area is 119 Å². The molecule has 1 unspecified atom stereocenters. The van der Waals surface area contributed by atoms with Crippen molar-refractivity contribution in [1.29, 1.82) is 0 Å². The Kier molecular flexibility index (Phi) is 5.12. The third-order valence-electron chi connectivity index (χ3n) is 2.96. The lowest BCUT2D eigenvalue weighted by Crippen LogP contribution is -2.17. The summed E-state index contributed by atoms with van der Waals surface area (Å²) in [5, 5.41) is 4.18. The average Bonchev–Trinajstić information content (AvgIpc) is 2.84. The van der Waals surface area contributed by atoms with Crippen molar-refractivity contribution in [3.63, 3.8) is 0 Å². The highest BCUT2D eigenvalue weighted by atomic mass is 16.5. The van der Waals surface area contributed by atoms with Crippen LogP contribution in [0.15, 0.2) is 30.6 Å². The van der Waals surface area contributed by atoms with Crippen molar-refractivity contribution in [1.82, 2.24) is 14.8 Å². The second kappa shape index (κ2) is 7.05. The van der Waals surface area contributed by atoms with E-state index in [1.165, 1.54) is 5.56 Å². The number of ether oxygens (including phenoxy) is 1. The zero-order valence-corrected chi connectivity index (χ0v) is 12.1. The van der Waals surface area contributed by atoms with E-state index in [1.54, 1.807) is 6.33 Å². The maximum Gasteiger partial charge on any atom is 0.164 e. The van der Waals surface area contributed by atoms with Crippen molar-refractivity contribution in [3.05, 3.63) is 42.0 Å². The van der Waals surface area contributed by atoms with Gasteiger partial charge in [-0.15, -0.1) is 0 Å². The molecule has 0 aliphatic carbocycles. The number of nitrogens with zero attached hydrogens (tertiary/aromatic N) is 3. The number of benzene rings is 1. The van der Waals surface area contributed by atoms with Crippen LogP contribution in [-0.2, 0) is 19.6 Å². The minimum absolute atomic E-state index is 0.151. The van der Waals surface area contributed by atoms with Gasteiger partial charge in [-0.2, -0.15) is 5.10 Å². The molecule has 0 aliphatic heterocycles. The molecule has 20 heavy (non-hydrogen) atoms. The van der Waals surface area contributed by atoms with Crippen molar-refractivity contribution in [3.8, 4) is 5.75 Å². The van der Waals surface area contributed by atoms with Crippen molar-refractivity contribution in [2.75, 3.05) is 0 Å². The summed E-state index contributed by atoms with van der Waals surface area (Å²) in [6.07, 6.45) is 3.45. The lowest BCUT2D eigenvalue weighted by atomic mass is 10.1. The summed E-state index contributed by atoms with van der Waals surface area (Å²) in [7, 11) is 0. The molecule has 0 fully saturated rings. The van der Waals surface area contributed by atoms with Crippen LogP contribution in [0, 0.1) is 0 Å². The lowest BCUT2D eigenvalue weighted by molar-refractivity contribution is 0.286. The molecule has 0 bridgehead atoms. The van der Waals surface area contributed by atoms with Gasteiger partial charge in [0.25, 0.3) is 0 Å². The van der Waals surface area contributed by atoms with Crippen LogP contribution >= 0.6 is 0 Å². The number of hydrogen-bond acceptors (Lipinski definition) is 4. The van der Waals surface area contributed by atoms with E-state index in [0.29, 0.717) is 6.61 Å². The largest absolute Gasteiger partial charge is 0.486 e. The van der Waals surface area contributed by atoms with Crippen LogP contribution in [0.5, 0.6) is 5.75 Å². The van der Waals surface area contributed by atoms with Crippen molar-refractivity contribution in [2.24, 2.45) is 5.73 Å². The summed E-state index contributed by atoms with van der Waals surface area (Å²) in [5.41, 5.74) is 7.00. The Morgan fingerprint density at radius 2 is 2.25 bits per heavy atom. The first kappa shape index (κ1) is 14.5. The van der Waals surface area contributed by atoms with E-state index in [9.17, 15) is 0 Å². The Bertz CT molecular complexity index is 536. The lowest BCUT2D eigenvalue weighted by Gasteiger charge is -2.10. The van der Waals surface area contributed by atoms with E-state index in [1.807, 2.05) is 29.8 Å². The molecule has 0 radical (unpaired) electrons. The highest BCUT2D eigenvalue weighted by Gasteiger charge is 2.05. The van der Waals surface area contributed by atoms with E-state index in [-0.39, 0.29) is 6.04 Å². The SMILES string of the molecule is CCCn1ncnc1COc1cccc(CC(C)N)c1. The predicted molar refractivity (Wildman–Crippen MR) is 78.4 cm³/mol. The summed E-state index contributed by atoms with van der Waals surface area (Å²) >= 11 is 0. The standard InChI is InChI=1S/C15H22N4O/c1-3-7-19-15(17-11-18-19)10-20-14-6-4-5-13(9-14)8-12(2)16/h4-6,9,11-12H,3,7-8,10,16H2,1-2H3. The van der Waals surface area contributed by atoms with Gasteiger partial charge in [-0.05, 0) is 37.5 Å². The summed E-state index contributed by atoms with van der Waals surface area (Å²) in [6.45, 7) is 5.41. The smallest absolute Gasteiger partial charge is 0.164 e. The van der Waals surface area contributed by atoms with E-state index in [4.69, 9.17) is 10.5 Å². The fraction of sp³-hybridized carbons (Fsp3) is 0.467. The number of aromatic nitrogens is 3. The molecular formula is C15H22N4O. The summed E-state index contributed by atoms with van der Waals surface area (Å²) < 4.78 is 7.68. The molecule has 1 heterocycles. The quantitative estimate of drug-likeness (QED) is 0.840. The Hall–Kier alpha value is -1.88. The van der Waals surface area contributed by atoms with Crippen molar-refractivity contribution in [2.45, 2.75) is 45.9 Å². The first-order valence-electron chi connectivity index (χ1n) is 7.03. The molecule has 2 aromatic rings. The molecule has 0 aliphatic rings. The molecule has 2 N–H and O–H groups in total.